The number of aryl methyl sites for hydroxylation is 1. The summed E-state index contributed by atoms with van der Waals surface area (Å²) in [6.07, 6.45) is 1.71. The molecule has 0 atom stereocenters. The molecule has 0 radical (unpaired) electrons. The first-order valence-electron chi connectivity index (χ1n) is 5.00. The molecule has 15 heavy (non-hydrogen) atoms. The van der Waals surface area contributed by atoms with Gasteiger partial charge in [-0.15, -0.1) is 0 Å². The topological polar surface area (TPSA) is 12.4 Å². The molecule has 0 amide bonds. The van der Waals surface area contributed by atoms with Gasteiger partial charge in [-0.05, 0) is 37.8 Å². The summed E-state index contributed by atoms with van der Waals surface area (Å²) in [5, 5.41) is 0.681. The summed E-state index contributed by atoms with van der Waals surface area (Å²) >= 11 is 6.03. The fraction of sp³-hybridized carbons (Fsp3) is 0.308. The third-order valence-electron chi connectivity index (χ3n) is 2.16. The molecule has 0 spiro atoms. The zero-order valence-electron chi connectivity index (χ0n) is 9.89. The fourth-order valence-electron chi connectivity index (χ4n) is 1.28. The average molecular weight is 224 g/mol. The number of rotatable bonds is 2. The van der Waals surface area contributed by atoms with Crippen molar-refractivity contribution in [2.75, 3.05) is 0 Å². The van der Waals surface area contributed by atoms with E-state index in [1.54, 1.807) is 6.08 Å². The second-order valence-electron chi connectivity index (χ2n) is 2.92. The Labute approximate surface area is 97.5 Å². The van der Waals surface area contributed by atoms with Crippen molar-refractivity contribution in [3.8, 4) is 0 Å². The molecule has 1 rings (SSSR count). The molecular weight excluding hydrogens is 206 g/mol. The maximum atomic E-state index is 6.03. The van der Waals surface area contributed by atoms with Crippen molar-refractivity contribution in [2.45, 2.75) is 27.7 Å². The lowest BCUT2D eigenvalue weighted by atomic mass is 10.0. The monoisotopic (exact) mass is 223 g/mol. The molecule has 1 aromatic carbocycles. The number of halogens is 1. The molecular formula is C13H18ClN. The first-order valence-corrected chi connectivity index (χ1v) is 5.38. The van der Waals surface area contributed by atoms with E-state index in [0.29, 0.717) is 5.02 Å². The summed E-state index contributed by atoms with van der Waals surface area (Å²) in [5.74, 6) is 0. The van der Waals surface area contributed by atoms with Crippen LogP contribution in [-0.2, 0) is 0 Å². The van der Waals surface area contributed by atoms with Crippen molar-refractivity contribution >= 4 is 30.1 Å². The van der Waals surface area contributed by atoms with Crippen LogP contribution in [0.4, 0.5) is 5.69 Å². The third kappa shape index (κ3) is 2.93. The SMILES string of the molecule is C=Cc1c(Cl)cc(C)c(C)c1N=C.CC. The number of nitrogens with zero attached hydrogens (tertiary/aromatic N) is 1. The molecule has 0 aliphatic heterocycles. The quantitative estimate of drug-likeness (QED) is 0.629. The van der Waals surface area contributed by atoms with Crippen molar-refractivity contribution in [2.24, 2.45) is 4.99 Å². The number of benzene rings is 1. The van der Waals surface area contributed by atoms with Crippen molar-refractivity contribution in [3.63, 3.8) is 0 Å². The molecule has 0 aromatic heterocycles. The third-order valence-corrected chi connectivity index (χ3v) is 2.48. The lowest BCUT2D eigenvalue weighted by Gasteiger charge is -2.09. The van der Waals surface area contributed by atoms with E-state index in [0.717, 1.165) is 22.4 Å². The molecule has 0 N–H and O–H groups in total. The Morgan fingerprint density at radius 2 is 1.87 bits per heavy atom. The Balaban J connectivity index is 0.000000921. The van der Waals surface area contributed by atoms with Gasteiger partial charge in [-0.25, -0.2) is 0 Å². The van der Waals surface area contributed by atoms with E-state index in [1.807, 2.05) is 33.8 Å². The second-order valence-corrected chi connectivity index (χ2v) is 3.33. The highest BCUT2D eigenvalue weighted by molar-refractivity contribution is 6.32. The molecule has 0 aliphatic rings. The van der Waals surface area contributed by atoms with E-state index in [1.165, 1.54) is 0 Å². The molecule has 0 aliphatic carbocycles. The smallest absolute Gasteiger partial charge is 0.0741 e. The van der Waals surface area contributed by atoms with Gasteiger partial charge in [0.05, 0.1) is 10.7 Å². The summed E-state index contributed by atoms with van der Waals surface area (Å²) < 4.78 is 0. The molecule has 0 bridgehead atoms. The van der Waals surface area contributed by atoms with Gasteiger partial charge < -0.3 is 0 Å². The van der Waals surface area contributed by atoms with Crippen molar-refractivity contribution in [1.29, 1.82) is 0 Å². The lowest BCUT2D eigenvalue weighted by Crippen LogP contribution is -1.86. The van der Waals surface area contributed by atoms with E-state index in [4.69, 9.17) is 11.6 Å². The van der Waals surface area contributed by atoms with E-state index in [9.17, 15) is 0 Å². The van der Waals surface area contributed by atoms with Crippen LogP contribution in [0.2, 0.25) is 5.02 Å². The van der Waals surface area contributed by atoms with Crippen molar-refractivity contribution in [3.05, 3.63) is 34.4 Å². The Morgan fingerprint density at radius 1 is 1.33 bits per heavy atom. The molecule has 0 saturated heterocycles. The Morgan fingerprint density at radius 3 is 2.27 bits per heavy atom. The molecule has 82 valence electrons. The van der Waals surface area contributed by atoms with Gasteiger partial charge in [-0.3, -0.25) is 4.99 Å². The number of aliphatic imine (C=N–C) groups is 1. The average Bonchev–Trinajstić information content (AvgIpc) is 2.25. The minimum Gasteiger partial charge on any atom is -0.264 e. The van der Waals surface area contributed by atoms with Crippen LogP contribution in [0.25, 0.3) is 6.08 Å². The van der Waals surface area contributed by atoms with E-state index >= 15 is 0 Å². The normalized spacial score (nSPS) is 8.87. The first kappa shape index (κ1) is 13.9. The largest absolute Gasteiger partial charge is 0.264 e. The number of hydrogen-bond donors (Lipinski definition) is 0. The van der Waals surface area contributed by atoms with Gasteiger partial charge in [0.15, 0.2) is 0 Å². The van der Waals surface area contributed by atoms with Crippen LogP contribution in [0.1, 0.15) is 30.5 Å². The molecule has 0 unspecified atom stereocenters. The van der Waals surface area contributed by atoms with Gasteiger partial charge in [0, 0.05) is 5.56 Å². The van der Waals surface area contributed by atoms with Crippen LogP contribution >= 0.6 is 11.6 Å². The first-order chi connectivity index (χ1) is 7.11. The predicted molar refractivity (Wildman–Crippen MR) is 71.6 cm³/mol. The Hall–Kier alpha value is -1.08. The van der Waals surface area contributed by atoms with Gasteiger partial charge in [-0.1, -0.05) is 38.1 Å². The van der Waals surface area contributed by atoms with Crippen LogP contribution in [0.15, 0.2) is 17.6 Å². The minimum absolute atomic E-state index is 0.681. The van der Waals surface area contributed by atoms with Crippen LogP contribution in [0, 0.1) is 13.8 Å². The molecule has 2 heteroatoms. The van der Waals surface area contributed by atoms with Gasteiger partial charge in [0.25, 0.3) is 0 Å². The van der Waals surface area contributed by atoms with E-state index in [2.05, 4.69) is 18.3 Å². The van der Waals surface area contributed by atoms with E-state index < -0.39 is 0 Å². The van der Waals surface area contributed by atoms with Crippen LogP contribution < -0.4 is 0 Å². The summed E-state index contributed by atoms with van der Waals surface area (Å²) in [6.45, 7) is 15.2. The molecule has 0 fully saturated rings. The van der Waals surface area contributed by atoms with Crippen molar-refractivity contribution < 1.29 is 0 Å². The summed E-state index contributed by atoms with van der Waals surface area (Å²) in [6, 6.07) is 1.92. The highest BCUT2D eigenvalue weighted by Crippen LogP contribution is 2.33. The molecule has 1 aromatic rings. The maximum absolute atomic E-state index is 6.03. The Kier molecular flexibility index (Phi) is 5.95. The van der Waals surface area contributed by atoms with Crippen LogP contribution in [0.5, 0.6) is 0 Å². The van der Waals surface area contributed by atoms with Crippen LogP contribution in [0.3, 0.4) is 0 Å². The maximum Gasteiger partial charge on any atom is 0.0741 e. The van der Waals surface area contributed by atoms with Crippen molar-refractivity contribution in [1.82, 2.24) is 0 Å². The van der Waals surface area contributed by atoms with Gasteiger partial charge >= 0.3 is 0 Å². The Bertz CT molecular complexity index is 367. The summed E-state index contributed by atoms with van der Waals surface area (Å²) in [7, 11) is 0. The van der Waals surface area contributed by atoms with Crippen LogP contribution in [-0.4, -0.2) is 6.72 Å². The zero-order valence-corrected chi connectivity index (χ0v) is 10.7. The molecule has 1 nitrogen and oxygen atoms in total. The fourth-order valence-corrected chi connectivity index (χ4v) is 1.61. The molecule has 0 heterocycles. The predicted octanol–water partition coefficient (Wildman–Crippen LogP) is 4.96. The minimum atomic E-state index is 0.681. The highest BCUT2D eigenvalue weighted by atomic mass is 35.5. The standard InChI is InChI=1S/C11H12ClN.C2H6/c1-5-9-10(12)6-7(2)8(3)11(9)13-4;1-2/h5-6H,1,4H2,2-3H3;1-2H3. The summed E-state index contributed by atoms with van der Waals surface area (Å²) in [5.41, 5.74) is 3.92. The highest BCUT2D eigenvalue weighted by Gasteiger charge is 2.08. The summed E-state index contributed by atoms with van der Waals surface area (Å²) in [4.78, 5) is 3.96. The van der Waals surface area contributed by atoms with E-state index in [-0.39, 0.29) is 0 Å². The number of hydrogen-bond acceptors (Lipinski definition) is 1. The van der Waals surface area contributed by atoms with Gasteiger partial charge in [-0.2, -0.15) is 0 Å². The second kappa shape index (κ2) is 6.41. The lowest BCUT2D eigenvalue weighted by molar-refractivity contribution is 1.31. The zero-order chi connectivity index (χ0) is 12.0. The molecule has 0 saturated carbocycles. The van der Waals surface area contributed by atoms with Gasteiger partial charge in [0.2, 0.25) is 0 Å². The van der Waals surface area contributed by atoms with Gasteiger partial charge in [0.1, 0.15) is 0 Å².